The van der Waals surface area contributed by atoms with Crippen LogP contribution in [-0.4, -0.2) is 30.8 Å². The first-order valence-corrected chi connectivity index (χ1v) is 12.5. The van der Waals surface area contributed by atoms with E-state index in [1.54, 1.807) is 25.3 Å². The summed E-state index contributed by atoms with van der Waals surface area (Å²) < 4.78 is 11.6. The van der Waals surface area contributed by atoms with Gasteiger partial charge in [-0.15, -0.1) is 0 Å². The van der Waals surface area contributed by atoms with Crippen LogP contribution in [0.1, 0.15) is 65.0 Å². The SMILES string of the molecule is COc1cc(Cl)ccc1[C@@]1(C#N)[C@H](CC(C)(C)C)N[C@H](C(=O)OC(C)(C)C)[C@@H]1c1cccc(Cl)c1. The predicted molar refractivity (Wildman–Crippen MR) is 140 cm³/mol. The van der Waals surface area contributed by atoms with E-state index in [0.29, 0.717) is 27.8 Å². The van der Waals surface area contributed by atoms with E-state index in [9.17, 15) is 10.1 Å². The normalized spacial score (nSPS) is 24.6. The molecule has 0 unspecified atom stereocenters. The number of benzene rings is 2. The van der Waals surface area contributed by atoms with E-state index in [2.05, 4.69) is 32.2 Å². The van der Waals surface area contributed by atoms with Gasteiger partial charge in [-0.1, -0.05) is 62.2 Å². The number of rotatable bonds is 5. The van der Waals surface area contributed by atoms with E-state index in [-0.39, 0.29) is 11.5 Å². The van der Waals surface area contributed by atoms with E-state index >= 15 is 0 Å². The quantitative estimate of drug-likeness (QED) is 0.449. The molecule has 1 aliphatic heterocycles. The number of nitrogens with one attached hydrogen (secondary N) is 1. The number of nitrogens with zero attached hydrogens (tertiary/aromatic N) is 1. The summed E-state index contributed by atoms with van der Waals surface area (Å²) in [5.74, 6) is -0.508. The second-order valence-electron chi connectivity index (χ2n) is 11.4. The van der Waals surface area contributed by atoms with Gasteiger partial charge in [0.1, 0.15) is 22.8 Å². The summed E-state index contributed by atoms with van der Waals surface area (Å²) in [6.07, 6.45) is 0.628. The third-order valence-electron chi connectivity index (χ3n) is 6.23. The molecule has 0 spiro atoms. The summed E-state index contributed by atoms with van der Waals surface area (Å²) in [6, 6.07) is 14.1. The zero-order chi connectivity index (χ0) is 26.2. The second kappa shape index (κ2) is 10.0. The average molecular weight is 517 g/mol. The predicted octanol–water partition coefficient (Wildman–Crippen LogP) is 6.67. The monoisotopic (exact) mass is 516 g/mol. The van der Waals surface area contributed by atoms with Crippen molar-refractivity contribution in [2.24, 2.45) is 5.41 Å². The van der Waals surface area contributed by atoms with Gasteiger partial charge in [-0.2, -0.15) is 5.26 Å². The molecule has 0 amide bonds. The van der Waals surface area contributed by atoms with Crippen LogP contribution in [0.15, 0.2) is 42.5 Å². The minimum absolute atomic E-state index is 0.138. The molecule has 0 aliphatic carbocycles. The highest BCUT2D eigenvalue weighted by atomic mass is 35.5. The lowest BCUT2D eigenvalue weighted by Gasteiger charge is -2.38. The number of ether oxygens (including phenoxy) is 2. The Morgan fingerprint density at radius 1 is 1.09 bits per heavy atom. The minimum Gasteiger partial charge on any atom is -0.496 e. The molecule has 188 valence electrons. The fourth-order valence-electron chi connectivity index (χ4n) is 5.05. The number of halogens is 2. The van der Waals surface area contributed by atoms with E-state index in [0.717, 1.165) is 5.56 Å². The van der Waals surface area contributed by atoms with Crippen molar-refractivity contribution in [3.8, 4) is 11.8 Å². The Hall–Kier alpha value is -2.26. The molecular weight excluding hydrogens is 483 g/mol. The molecular formula is C28H34Cl2N2O3. The van der Waals surface area contributed by atoms with Gasteiger partial charge in [0.2, 0.25) is 0 Å². The largest absolute Gasteiger partial charge is 0.496 e. The average Bonchev–Trinajstić information content (AvgIpc) is 3.05. The molecule has 1 aliphatic rings. The Morgan fingerprint density at radius 3 is 2.29 bits per heavy atom. The van der Waals surface area contributed by atoms with Crippen LogP contribution in [0.5, 0.6) is 5.75 Å². The lowest BCUT2D eigenvalue weighted by molar-refractivity contribution is -0.157. The van der Waals surface area contributed by atoms with Gasteiger partial charge >= 0.3 is 5.97 Å². The zero-order valence-corrected chi connectivity index (χ0v) is 22.9. The van der Waals surface area contributed by atoms with Gasteiger partial charge in [0, 0.05) is 27.6 Å². The topological polar surface area (TPSA) is 71.3 Å². The summed E-state index contributed by atoms with van der Waals surface area (Å²) in [7, 11) is 1.56. The highest BCUT2D eigenvalue weighted by Crippen LogP contribution is 2.54. The maximum atomic E-state index is 13.6. The van der Waals surface area contributed by atoms with Crippen LogP contribution < -0.4 is 10.1 Å². The first kappa shape index (κ1) is 27.3. The van der Waals surface area contributed by atoms with Gasteiger partial charge in [-0.05, 0) is 62.4 Å². The van der Waals surface area contributed by atoms with Gasteiger partial charge in [0.25, 0.3) is 0 Å². The van der Waals surface area contributed by atoms with E-state index < -0.39 is 28.9 Å². The summed E-state index contributed by atoms with van der Waals surface area (Å²) in [5.41, 5.74) is -0.551. The van der Waals surface area contributed by atoms with Crippen LogP contribution in [0.25, 0.3) is 0 Å². The highest BCUT2D eigenvalue weighted by Gasteiger charge is 2.61. The van der Waals surface area contributed by atoms with E-state index in [4.69, 9.17) is 32.7 Å². The summed E-state index contributed by atoms with van der Waals surface area (Å²) >= 11 is 12.7. The summed E-state index contributed by atoms with van der Waals surface area (Å²) in [6.45, 7) is 11.9. The molecule has 1 N–H and O–H groups in total. The smallest absolute Gasteiger partial charge is 0.324 e. The molecule has 2 aromatic carbocycles. The van der Waals surface area contributed by atoms with E-state index in [1.807, 2.05) is 45.0 Å². The Labute approximate surface area is 218 Å². The van der Waals surface area contributed by atoms with Crippen LogP contribution in [-0.2, 0) is 14.9 Å². The van der Waals surface area contributed by atoms with Crippen molar-refractivity contribution in [1.82, 2.24) is 5.32 Å². The van der Waals surface area contributed by atoms with Crippen molar-refractivity contribution in [3.05, 3.63) is 63.6 Å². The molecule has 1 saturated heterocycles. The lowest BCUT2D eigenvalue weighted by atomic mass is 9.62. The Kier molecular flexibility index (Phi) is 7.82. The molecule has 0 bridgehead atoms. The van der Waals surface area contributed by atoms with Crippen LogP contribution in [0.3, 0.4) is 0 Å². The molecule has 1 heterocycles. The van der Waals surface area contributed by atoms with Crippen LogP contribution >= 0.6 is 23.2 Å². The minimum atomic E-state index is -1.17. The molecule has 4 atom stereocenters. The summed E-state index contributed by atoms with van der Waals surface area (Å²) in [4.78, 5) is 13.6. The Bertz CT molecular complexity index is 1130. The Morgan fingerprint density at radius 2 is 1.74 bits per heavy atom. The number of nitriles is 1. The highest BCUT2D eigenvalue weighted by molar-refractivity contribution is 6.31. The molecule has 2 aromatic rings. The number of methoxy groups -OCH3 is 1. The number of esters is 1. The fourth-order valence-corrected chi connectivity index (χ4v) is 5.41. The summed E-state index contributed by atoms with van der Waals surface area (Å²) in [5, 5.41) is 15.5. The molecule has 0 radical (unpaired) electrons. The van der Waals surface area contributed by atoms with Gasteiger partial charge in [-0.25, -0.2) is 0 Å². The van der Waals surface area contributed by atoms with Gasteiger partial charge < -0.3 is 9.47 Å². The third-order valence-corrected chi connectivity index (χ3v) is 6.70. The Balaban J connectivity index is 2.35. The van der Waals surface area contributed by atoms with Crippen LogP contribution in [0.2, 0.25) is 10.0 Å². The number of carbonyl (C=O) groups is 1. The standard InChI is InChI=1S/C28H34Cl2N2O3/c1-26(2,3)15-22-28(16-31,20-12-11-19(30)14-21(20)34-7)23(17-9-8-10-18(29)13-17)24(32-22)25(33)35-27(4,5)6/h8-14,22-24,32H,15H2,1-7H3/t22-,23-,24-,28-/m0/s1. The third kappa shape index (κ3) is 5.77. The fraction of sp³-hybridized carbons (Fsp3) is 0.500. The van der Waals surface area contributed by atoms with Gasteiger partial charge in [0.05, 0.1) is 13.2 Å². The van der Waals surface area contributed by atoms with Crippen molar-refractivity contribution in [2.75, 3.05) is 7.11 Å². The van der Waals surface area contributed by atoms with Crippen molar-refractivity contribution < 1.29 is 14.3 Å². The van der Waals surface area contributed by atoms with Crippen LogP contribution in [0.4, 0.5) is 0 Å². The van der Waals surface area contributed by atoms with Gasteiger partial charge in [0.15, 0.2) is 0 Å². The van der Waals surface area contributed by atoms with E-state index in [1.165, 1.54) is 0 Å². The number of hydrogen-bond donors (Lipinski definition) is 1. The number of hydrogen-bond acceptors (Lipinski definition) is 5. The second-order valence-corrected chi connectivity index (χ2v) is 12.2. The first-order valence-electron chi connectivity index (χ1n) is 11.7. The first-order chi connectivity index (χ1) is 16.2. The van der Waals surface area contributed by atoms with Crippen molar-refractivity contribution in [1.29, 1.82) is 5.26 Å². The molecule has 1 fully saturated rings. The molecule has 35 heavy (non-hydrogen) atoms. The molecule has 0 aromatic heterocycles. The maximum Gasteiger partial charge on any atom is 0.324 e. The lowest BCUT2D eigenvalue weighted by Crippen LogP contribution is -2.44. The molecule has 5 nitrogen and oxygen atoms in total. The van der Waals surface area contributed by atoms with Gasteiger partial charge in [-0.3, -0.25) is 10.1 Å². The molecule has 7 heteroatoms. The molecule has 3 rings (SSSR count). The van der Waals surface area contributed by atoms with Crippen LogP contribution in [0, 0.1) is 16.7 Å². The zero-order valence-electron chi connectivity index (χ0n) is 21.4. The van der Waals surface area contributed by atoms with Crippen molar-refractivity contribution in [3.63, 3.8) is 0 Å². The molecule has 0 saturated carbocycles. The number of carbonyl (C=O) groups excluding carboxylic acids is 1. The van der Waals surface area contributed by atoms with Crippen molar-refractivity contribution in [2.45, 2.75) is 77.0 Å². The maximum absolute atomic E-state index is 13.6. The van der Waals surface area contributed by atoms with Crippen molar-refractivity contribution >= 4 is 29.2 Å².